The summed E-state index contributed by atoms with van der Waals surface area (Å²) in [5.74, 6) is 0.985. The van der Waals surface area contributed by atoms with Crippen LogP contribution < -0.4 is 10.6 Å². The number of carbonyl (C=O) groups excluding carboxylic acids is 1. The first-order valence-electron chi connectivity index (χ1n) is 9.23. The standard InChI is InChI=1S/C21H18N4O2S2/c22-18(26)16-10-27-8-7-25(16)20-17-15(13-4-2-1-3-5-13)12-29-21(17)24-19(23-20)14-6-9-28-11-14/h1-6,9,11-12,16H,7-8,10H2,(H2,22,26). The summed E-state index contributed by atoms with van der Waals surface area (Å²) >= 11 is 3.19. The highest BCUT2D eigenvalue weighted by Crippen LogP contribution is 2.40. The van der Waals surface area contributed by atoms with Gasteiger partial charge in [-0.2, -0.15) is 11.3 Å². The van der Waals surface area contributed by atoms with Crippen LogP contribution in [0.25, 0.3) is 32.7 Å². The van der Waals surface area contributed by atoms with Gasteiger partial charge in [-0.15, -0.1) is 11.3 Å². The number of rotatable bonds is 4. The molecule has 1 fully saturated rings. The van der Waals surface area contributed by atoms with Crippen LogP contribution in [0.1, 0.15) is 0 Å². The van der Waals surface area contributed by atoms with Crippen LogP contribution in [0.4, 0.5) is 5.82 Å². The highest BCUT2D eigenvalue weighted by molar-refractivity contribution is 7.17. The van der Waals surface area contributed by atoms with Crippen molar-refractivity contribution in [3.8, 4) is 22.5 Å². The number of ether oxygens (including phenoxy) is 1. The zero-order chi connectivity index (χ0) is 19.8. The molecule has 0 aliphatic carbocycles. The highest BCUT2D eigenvalue weighted by Gasteiger charge is 2.31. The Balaban J connectivity index is 1.76. The summed E-state index contributed by atoms with van der Waals surface area (Å²) in [5.41, 5.74) is 8.82. The molecule has 1 aliphatic heterocycles. The van der Waals surface area contributed by atoms with Gasteiger partial charge in [-0.25, -0.2) is 9.97 Å². The first kappa shape index (κ1) is 18.2. The molecular weight excluding hydrogens is 404 g/mol. The van der Waals surface area contributed by atoms with E-state index in [-0.39, 0.29) is 6.61 Å². The number of carbonyl (C=O) groups is 1. The normalized spacial score (nSPS) is 17.0. The lowest BCUT2D eigenvalue weighted by Crippen LogP contribution is -2.53. The van der Waals surface area contributed by atoms with Crippen molar-refractivity contribution >= 4 is 44.6 Å². The van der Waals surface area contributed by atoms with Crippen molar-refractivity contribution in [3.05, 3.63) is 52.5 Å². The topological polar surface area (TPSA) is 81.3 Å². The smallest absolute Gasteiger partial charge is 0.242 e. The first-order valence-corrected chi connectivity index (χ1v) is 11.1. The number of hydrogen-bond acceptors (Lipinski definition) is 7. The summed E-state index contributed by atoms with van der Waals surface area (Å²) in [6.45, 7) is 1.33. The Morgan fingerprint density at radius 1 is 1.14 bits per heavy atom. The van der Waals surface area contributed by atoms with E-state index in [1.807, 2.05) is 39.9 Å². The zero-order valence-electron chi connectivity index (χ0n) is 15.4. The van der Waals surface area contributed by atoms with Crippen molar-refractivity contribution in [2.75, 3.05) is 24.7 Å². The van der Waals surface area contributed by atoms with Gasteiger partial charge in [0.05, 0.1) is 18.6 Å². The molecule has 1 saturated heterocycles. The molecule has 4 aromatic rings. The number of primary amides is 1. The molecular formula is C21H18N4O2S2. The molecule has 0 spiro atoms. The fraction of sp³-hybridized carbons (Fsp3) is 0.190. The van der Waals surface area contributed by atoms with Crippen LogP contribution in [0.3, 0.4) is 0 Å². The molecule has 4 heterocycles. The predicted octanol–water partition coefficient (Wildman–Crippen LogP) is 3.78. The number of morpholine rings is 1. The van der Waals surface area contributed by atoms with Gasteiger partial charge in [0.15, 0.2) is 5.82 Å². The second-order valence-electron chi connectivity index (χ2n) is 6.76. The van der Waals surface area contributed by atoms with E-state index >= 15 is 0 Å². The van der Waals surface area contributed by atoms with E-state index in [0.717, 1.165) is 32.7 Å². The van der Waals surface area contributed by atoms with Crippen molar-refractivity contribution in [3.63, 3.8) is 0 Å². The Hall–Kier alpha value is -2.81. The van der Waals surface area contributed by atoms with Crippen LogP contribution in [0, 0.1) is 0 Å². The third-order valence-corrected chi connectivity index (χ3v) is 6.56. The third kappa shape index (κ3) is 3.29. The summed E-state index contributed by atoms with van der Waals surface area (Å²) in [7, 11) is 0. The van der Waals surface area contributed by atoms with Gasteiger partial charge in [-0.05, 0) is 17.0 Å². The largest absolute Gasteiger partial charge is 0.377 e. The van der Waals surface area contributed by atoms with E-state index in [1.54, 1.807) is 22.7 Å². The molecule has 146 valence electrons. The minimum Gasteiger partial charge on any atom is -0.377 e. The van der Waals surface area contributed by atoms with E-state index in [9.17, 15) is 4.79 Å². The maximum Gasteiger partial charge on any atom is 0.242 e. The maximum absolute atomic E-state index is 12.1. The number of hydrogen-bond donors (Lipinski definition) is 1. The summed E-state index contributed by atoms with van der Waals surface area (Å²) in [6.07, 6.45) is 0. The minimum absolute atomic E-state index is 0.263. The molecule has 0 saturated carbocycles. The van der Waals surface area contributed by atoms with Gasteiger partial charge < -0.3 is 15.4 Å². The quantitative estimate of drug-likeness (QED) is 0.541. The number of thiophene rings is 2. The van der Waals surface area contributed by atoms with E-state index in [1.165, 1.54) is 0 Å². The van der Waals surface area contributed by atoms with Gasteiger partial charge in [0.1, 0.15) is 16.7 Å². The van der Waals surface area contributed by atoms with Crippen molar-refractivity contribution in [2.45, 2.75) is 6.04 Å². The molecule has 0 radical (unpaired) electrons. The Morgan fingerprint density at radius 2 is 2.00 bits per heavy atom. The monoisotopic (exact) mass is 422 g/mol. The predicted molar refractivity (Wildman–Crippen MR) is 117 cm³/mol. The lowest BCUT2D eigenvalue weighted by atomic mass is 10.1. The van der Waals surface area contributed by atoms with Crippen LogP contribution in [0.15, 0.2) is 52.5 Å². The van der Waals surface area contributed by atoms with Crippen LogP contribution in [0.2, 0.25) is 0 Å². The van der Waals surface area contributed by atoms with Crippen LogP contribution in [-0.2, 0) is 9.53 Å². The van der Waals surface area contributed by atoms with Crippen LogP contribution >= 0.6 is 22.7 Å². The highest BCUT2D eigenvalue weighted by atomic mass is 32.1. The van der Waals surface area contributed by atoms with Crippen molar-refractivity contribution in [2.24, 2.45) is 5.73 Å². The molecule has 1 aromatic carbocycles. The molecule has 2 N–H and O–H groups in total. The molecule has 1 aliphatic rings. The van der Waals surface area contributed by atoms with Crippen molar-refractivity contribution in [1.82, 2.24) is 9.97 Å². The number of nitrogens with two attached hydrogens (primary N) is 1. The summed E-state index contributed by atoms with van der Waals surface area (Å²) in [4.78, 5) is 24.8. The van der Waals surface area contributed by atoms with Gasteiger partial charge in [-0.3, -0.25) is 4.79 Å². The van der Waals surface area contributed by atoms with Crippen LogP contribution in [0.5, 0.6) is 0 Å². The van der Waals surface area contributed by atoms with Crippen molar-refractivity contribution < 1.29 is 9.53 Å². The Bertz CT molecular complexity index is 1160. The average Bonchev–Trinajstić information content (AvgIpc) is 3.44. The molecule has 5 rings (SSSR count). The molecule has 1 amide bonds. The fourth-order valence-corrected chi connectivity index (χ4v) is 5.15. The molecule has 3 aromatic heterocycles. The second kappa shape index (κ2) is 7.55. The molecule has 1 unspecified atom stereocenters. The molecule has 0 bridgehead atoms. The van der Waals surface area contributed by atoms with Gasteiger partial charge in [0, 0.05) is 28.4 Å². The Labute approximate surface area is 175 Å². The minimum atomic E-state index is -0.555. The number of amides is 1. The van der Waals surface area contributed by atoms with Gasteiger partial charge in [0.25, 0.3) is 0 Å². The summed E-state index contributed by atoms with van der Waals surface area (Å²) in [5, 5.41) is 7.10. The van der Waals surface area contributed by atoms with E-state index in [0.29, 0.717) is 19.0 Å². The second-order valence-corrected chi connectivity index (χ2v) is 8.40. The SMILES string of the molecule is NC(=O)C1COCCN1c1nc(-c2ccsc2)nc2scc(-c3ccccc3)c12. The molecule has 1 atom stereocenters. The van der Waals surface area contributed by atoms with Crippen molar-refractivity contribution in [1.29, 1.82) is 0 Å². The van der Waals surface area contributed by atoms with Crippen LogP contribution in [-0.4, -0.2) is 41.7 Å². The number of nitrogens with zero attached hydrogens (tertiary/aromatic N) is 3. The van der Waals surface area contributed by atoms with E-state index in [2.05, 4.69) is 17.5 Å². The van der Waals surface area contributed by atoms with E-state index < -0.39 is 11.9 Å². The number of benzene rings is 1. The number of anilines is 1. The first-order chi connectivity index (χ1) is 14.2. The number of fused-ring (bicyclic) bond motifs is 1. The maximum atomic E-state index is 12.1. The Morgan fingerprint density at radius 3 is 2.76 bits per heavy atom. The molecule has 29 heavy (non-hydrogen) atoms. The van der Waals surface area contributed by atoms with Gasteiger partial charge in [-0.1, -0.05) is 30.3 Å². The van der Waals surface area contributed by atoms with E-state index in [4.69, 9.17) is 20.4 Å². The summed E-state index contributed by atoms with van der Waals surface area (Å²) < 4.78 is 5.52. The fourth-order valence-electron chi connectivity index (χ4n) is 3.58. The average molecular weight is 423 g/mol. The summed E-state index contributed by atoms with van der Waals surface area (Å²) in [6, 6.07) is 11.6. The van der Waals surface area contributed by atoms with Gasteiger partial charge >= 0.3 is 0 Å². The lowest BCUT2D eigenvalue weighted by Gasteiger charge is -2.35. The zero-order valence-corrected chi connectivity index (χ0v) is 17.1. The lowest BCUT2D eigenvalue weighted by molar-refractivity contribution is -0.121. The number of aromatic nitrogens is 2. The van der Waals surface area contributed by atoms with Gasteiger partial charge in [0.2, 0.25) is 5.91 Å². The third-order valence-electron chi connectivity index (χ3n) is 5.01. The molecule has 6 nitrogen and oxygen atoms in total. The Kier molecular flexibility index (Phi) is 4.75. The molecule has 8 heteroatoms.